The Hall–Kier alpha value is -0.0400. The lowest BCUT2D eigenvalue weighted by Gasteiger charge is -2.46. The van der Waals surface area contributed by atoms with Gasteiger partial charge in [-0.3, -0.25) is 0 Å². The van der Waals surface area contributed by atoms with Crippen molar-refractivity contribution in [2.75, 3.05) is 0 Å². The average molecular weight is 193 g/mol. The Balaban J connectivity index is 1.52. The van der Waals surface area contributed by atoms with E-state index in [2.05, 4.69) is 6.92 Å². The van der Waals surface area contributed by atoms with Gasteiger partial charge in [-0.1, -0.05) is 13.3 Å². The predicted octanol–water partition coefficient (Wildman–Crippen LogP) is 2.94. The van der Waals surface area contributed by atoms with Crippen molar-refractivity contribution in [3.8, 4) is 0 Å². The number of fused-ring (bicyclic) bond motifs is 1. The summed E-state index contributed by atoms with van der Waals surface area (Å²) in [6.07, 6.45) is 9.97. The van der Waals surface area contributed by atoms with Gasteiger partial charge in [-0.05, 0) is 62.2 Å². The van der Waals surface area contributed by atoms with Crippen LogP contribution in [0.1, 0.15) is 51.9 Å². The molecule has 3 aliphatic rings. The van der Waals surface area contributed by atoms with Crippen LogP contribution in [0.4, 0.5) is 0 Å². The predicted molar refractivity (Wildman–Crippen MR) is 58.9 cm³/mol. The Kier molecular flexibility index (Phi) is 1.96. The van der Waals surface area contributed by atoms with E-state index in [4.69, 9.17) is 5.73 Å². The molecule has 0 amide bonds. The minimum absolute atomic E-state index is 0.256. The van der Waals surface area contributed by atoms with Crippen LogP contribution in [-0.4, -0.2) is 5.54 Å². The molecule has 3 unspecified atom stereocenters. The van der Waals surface area contributed by atoms with E-state index < -0.39 is 0 Å². The SMILES string of the molecule is CC1CC(N)(CC2CCC3CC3C2)C1. The molecule has 0 aromatic heterocycles. The molecule has 0 aromatic rings. The van der Waals surface area contributed by atoms with Crippen LogP contribution in [0.3, 0.4) is 0 Å². The number of nitrogens with two attached hydrogens (primary N) is 1. The molecule has 0 bridgehead atoms. The summed E-state index contributed by atoms with van der Waals surface area (Å²) in [5.41, 5.74) is 6.64. The Labute approximate surface area is 87.4 Å². The minimum atomic E-state index is 0.256. The molecule has 3 aliphatic carbocycles. The zero-order valence-electron chi connectivity index (χ0n) is 9.34. The lowest BCUT2D eigenvalue weighted by Crippen LogP contribution is -2.52. The molecule has 80 valence electrons. The van der Waals surface area contributed by atoms with Gasteiger partial charge in [0, 0.05) is 5.54 Å². The van der Waals surface area contributed by atoms with Gasteiger partial charge in [-0.25, -0.2) is 0 Å². The van der Waals surface area contributed by atoms with Crippen LogP contribution in [0.5, 0.6) is 0 Å². The second-order valence-electron chi connectivity index (χ2n) is 6.51. The molecule has 0 heterocycles. The van der Waals surface area contributed by atoms with Crippen LogP contribution in [-0.2, 0) is 0 Å². The van der Waals surface area contributed by atoms with Crippen LogP contribution in [0.2, 0.25) is 0 Å². The van der Waals surface area contributed by atoms with E-state index in [1.165, 1.54) is 38.5 Å². The first-order valence-corrected chi connectivity index (χ1v) is 6.43. The van der Waals surface area contributed by atoms with Gasteiger partial charge in [0.2, 0.25) is 0 Å². The highest BCUT2D eigenvalue weighted by Crippen LogP contribution is 2.53. The zero-order chi connectivity index (χ0) is 9.76. The maximum absolute atomic E-state index is 6.38. The molecule has 1 nitrogen and oxygen atoms in total. The summed E-state index contributed by atoms with van der Waals surface area (Å²) in [5.74, 6) is 4.14. The normalized spacial score (nSPS) is 56.1. The highest BCUT2D eigenvalue weighted by atomic mass is 14.8. The van der Waals surface area contributed by atoms with E-state index in [0.717, 1.165) is 23.7 Å². The lowest BCUT2D eigenvalue weighted by molar-refractivity contribution is 0.115. The van der Waals surface area contributed by atoms with Crippen LogP contribution in [0.15, 0.2) is 0 Å². The molecule has 0 aromatic carbocycles. The van der Waals surface area contributed by atoms with Crippen molar-refractivity contribution in [3.05, 3.63) is 0 Å². The van der Waals surface area contributed by atoms with Crippen molar-refractivity contribution in [2.45, 2.75) is 57.4 Å². The second kappa shape index (κ2) is 2.98. The van der Waals surface area contributed by atoms with Gasteiger partial charge in [0.15, 0.2) is 0 Å². The van der Waals surface area contributed by atoms with Crippen LogP contribution < -0.4 is 5.73 Å². The highest BCUT2D eigenvalue weighted by Gasteiger charge is 2.45. The van der Waals surface area contributed by atoms with E-state index in [1.807, 2.05) is 0 Å². The quantitative estimate of drug-likeness (QED) is 0.717. The maximum atomic E-state index is 6.38. The molecule has 3 saturated carbocycles. The third-order valence-corrected chi connectivity index (χ3v) is 4.86. The smallest absolute Gasteiger partial charge is 0.0162 e. The first-order valence-electron chi connectivity index (χ1n) is 6.43. The number of hydrogen-bond acceptors (Lipinski definition) is 1. The van der Waals surface area contributed by atoms with Crippen LogP contribution in [0, 0.1) is 23.7 Å². The molecule has 1 heteroatoms. The summed E-state index contributed by atoms with van der Waals surface area (Å²) in [6.45, 7) is 2.34. The maximum Gasteiger partial charge on any atom is 0.0162 e. The molecule has 0 saturated heterocycles. The Morgan fingerprint density at radius 1 is 1.14 bits per heavy atom. The van der Waals surface area contributed by atoms with Crippen molar-refractivity contribution in [1.29, 1.82) is 0 Å². The van der Waals surface area contributed by atoms with E-state index >= 15 is 0 Å². The molecule has 0 radical (unpaired) electrons. The Morgan fingerprint density at radius 3 is 2.57 bits per heavy atom. The third kappa shape index (κ3) is 1.60. The monoisotopic (exact) mass is 193 g/mol. The molecule has 3 rings (SSSR count). The van der Waals surface area contributed by atoms with Gasteiger partial charge in [0.1, 0.15) is 0 Å². The van der Waals surface area contributed by atoms with Gasteiger partial charge < -0.3 is 5.73 Å². The Bertz CT molecular complexity index is 229. The summed E-state index contributed by atoms with van der Waals surface area (Å²) < 4.78 is 0. The zero-order valence-corrected chi connectivity index (χ0v) is 9.34. The molecule has 3 fully saturated rings. The van der Waals surface area contributed by atoms with E-state index in [1.54, 1.807) is 6.42 Å². The summed E-state index contributed by atoms with van der Waals surface area (Å²) in [7, 11) is 0. The molecule has 2 N–H and O–H groups in total. The summed E-state index contributed by atoms with van der Waals surface area (Å²) in [5, 5.41) is 0. The van der Waals surface area contributed by atoms with Crippen molar-refractivity contribution < 1.29 is 0 Å². The second-order valence-corrected chi connectivity index (χ2v) is 6.51. The summed E-state index contributed by atoms with van der Waals surface area (Å²) in [4.78, 5) is 0. The first kappa shape index (κ1) is 9.21. The first-order chi connectivity index (χ1) is 6.65. The van der Waals surface area contributed by atoms with Gasteiger partial charge in [-0.15, -0.1) is 0 Å². The third-order valence-electron chi connectivity index (χ3n) is 4.86. The van der Waals surface area contributed by atoms with Gasteiger partial charge in [0.25, 0.3) is 0 Å². The molecular weight excluding hydrogens is 170 g/mol. The molecule has 0 aliphatic heterocycles. The van der Waals surface area contributed by atoms with E-state index in [9.17, 15) is 0 Å². The molecule has 0 spiro atoms. The standard InChI is InChI=1S/C13H23N/c1-9-6-13(14,7-9)8-10-2-3-11-5-12(11)4-10/h9-12H,2-8,14H2,1H3. The van der Waals surface area contributed by atoms with Crippen molar-refractivity contribution in [2.24, 2.45) is 29.4 Å². The van der Waals surface area contributed by atoms with Gasteiger partial charge in [-0.2, -0.15) is 0 Å². The van der Waals surface area contributed by atoms with Crippen molar-refractivity contribution >= 4 is 0 Å². The van der Waals surface area contributed by atoms with Gasteiger partial charge in [0.05, 0.1) is 0 Å². The largest absolute Gasteiger partial charge is 0.325 e. The number of rotatable bonds is 2. The number of hydrogen-bond donors (Lipinski definition) is 1. The van der Waals surface area contributed by atoms with Crippen LogP contribution >= 0.6 is 0 Å². The van der Waals surface area contributed by atoms with Crippen molar-refractivity contribution in [3.63, 3.8) is 0 Å². The lowest BCUT2D eigenvalue weighted by atomic mass is 9.64. The summed E-state index contributed by atoms with van der Waals surface area (Å²) >= 11 is 0. The van der Waals surface area contributed by atoms with E-state index in [-0.39, 0.29) is 5.54 Å². The summed E-state index contributed by atoms with van der Waals surface area (Å²) in [6, 6.07) is 0. The van der Waals surface area contributed by atoms with Gasteiger partial charge >= 0.3 is 0 Å². The highest BCUT2D eigenvalue weighted by molar-refractivity contribution is 5.00. The molecular formula is C13H23N. The molecule has 3 atom stereocenters. The van der Waals surface area contributed by atoms with Crippen molar-refractivity contribution in [1.82, 2.24) is 0 Å². The Morgan fingerprint density at radius 2 is 1.93 bits per heavy atom. The van der Waals surface area contributed by atoms with Crippen LogP contribution in [0.25, 0.3) is 0 Å². The fourth-order valence-corrected chi connectivity index (χ4v) is 4.20. The minimum Gasteiger partial charge on any atom is -0.325 e. The topological polar surface area (TPSA) is 26.0 Å². The van der Waals surface area contributed by atoms with E-state index in [0.29, 0.717) is 0 Å². The fourth-order valence-electron chi connectivity index (χ4n) is 4.20. The fraction of sp³-hybridized carbons (Fsp3) is 1.00. The molecule has 14 heavy (non-hydrogen) atoms. The average Bonchev–Trinajstić information content (AvgIpc) is 2.79.